The Labute approximate surface area is 163 Å². The zero-order valence-electron chi connectivity index (χ0n) is 15.4. The number of benzene rings is 2. The van der Waals surface area contributed by atoms with Gasteiger partial charge in [0.15, 0.2) is 5.84 Å². The SMILES string of the molecule is CCN1NNN=C1c1cnn(-c2ccccc2C)c1SCc1ccccc1. The lowest BCUT2D eigenvalue weighted by molar-refractivity contribution is 0.308. The maximum absolute atomic E-state index is 4.71. The monoisotopic (exact) mass is 378 g/mol. The largest absolute Gasteiger partial charge is 0.271 e. The van der Waals surface area contributed by atoms with Crippen LogP contribution >= 0.6 is 11.8 Å². The van der Waals surface area contributed by atoms with Crippen molar-refractivity contribution in [2.75, 3.05) is 6.54 Å². The van der Waals surface area contributed by atoms with Crippen molar-refractivity contribution in [1.82, 2.24) is 25.9 Å². The molecule has 0 fully saturated rings. The number of nitrogens with zero attached hydrogens (tertiary/aromatic N) is 4. The molecule has 1 aliphatic rings. The Hall–Kier alpha value is -2.77. The maximum Gasteiger partial charge on any atom is 0.177 e. The highest BCUT2D eigenvalue weighted by Crippen LogP contribution is 2.31. The molecule has 3 aromatic rings. The Kier molecular flexibility index (Phi) is 5.13. The predicted octanol–water partition coefficient (Wildman–Crippen LogP) is 3.48. The summed E-state index contributed by atoms with van der Waals surface area (Å²) in [6.45, 7) is 4.99. The number of thioether (sulfide) groups is 1. The molecule has 6 nitrogen and oxygen atoms in total. The minimum Gasteiger partial charge on any atom is -0.271 e. The van der Waals surface area contributed by atoms with Crippen LogP contribution in [0.1, 0.15) is 23.6 Å². The number of aryl methyl sites for hydroxylation is 1. The van der Waals surface area contributed by atoms with Gasteiger partial charge in [0.2, 0.25) is 0 Å². The van der Waals surface area contributed by atoms with E-state index in [-0.39, 0.29) is 0 Å². The molecule has 7 heteroatoms. The Morgan fingerprint density at radius 1 is 1.04 bits per heavy atom. The maximum atomic E-state index is 4.71. The van der Waals surface area contributed by atoms with Crippen LogP contribution in [0.3, 0.4) is 0 Å². The first-order valence-electron chi connectivity index (χ1n) is 8.95. The molecule has 0 atom stereocenters. The number of aromatic nitrogens is 2. The van der Waals surface area contributed by atoms with Crippen LogP contribution in [0, 0.1) is 6.92 Å². The van der Waals surface area contributed by atoms with E-state index in [1.54, 1.807) is 11.8 Å². The third kappa shape index (κ3) is 3.56. The summed E-state index contributed by atoms with van der Waals surface area (Å²) in [7, 11) is 0. The number of hydrazine groups is 2. The molecule has 0 saturated carbocycles. The third-order valence-corrected chi connectivity index (χ3v) is 5.59. The van der Waals surface area contributed by atoms with E-state index < -0.39 is 0 Å². The van der Waals surface area contributed by atoms with Gasteiger partial charge < -0.3 is 0 Å². The Balaban J connectivity index is 1.75. The second-order valence-electron chi connectivity index (χ2n) is 6.24. The predicted molar refractivity (Wildman–Crippen MR) is 109 cm³/mol. The van der Waals surface area contributed by atoms with Gasteiger partial charge in [-0.15, -0.1) is 22.4 Å². The normalized spacial score (nSPS) is 13.6. The average molecular weight is 379 g/mol. The van der Waals surface area contributed by atoms with Gasteiger partial charge in [0, 0.05) is 12.3 Å². The van der Waals surface area contributed by atoms with Gasteiger partial charge in [-0.1, -0.05) is 48.5 Å². The lowest BCUT2D eigenvalue weighted by atomic mass is 10.2. The van der Waals surface area contributed by atoms with Crippen LogP contribution in [-0.4, -0.2) is 27.2 Å². The van der Waals surface area contributed by atoms with Gasteiger partial charge in [0.25, 0.3) is 0 Å². The topological polar surface area (TPSA) is 57.5 Å². The van der Waals surface area contributed by atoms with Crippen LogP contribution in [0.15, 0.2) is 70.9 Å². The van der Waals surface area contributed by atoms with Gasteiger partial charge >= 0.3 is 0 Å². The molecule has 27 heavy (non-hydrogen) atoms. The molecule has 0 bridgehead atoms. The molecule has 0 saturated heterocycles. The molecule has 0 radical (unpaired) electrons. The highest BCUT2D eigenvalue weighted by Gasteiger charge is 2.24. The van der Waals surface area contributed by atoms with Crippen LogP contribution in [0.2, 0.25) is 0 Å². The summed E-state index contributed by atoms with van der Waals surface area (Å²) in [4.78, 5) is 0. The number of hydrogen-bond donors (Lipinski definition) is 2. The number of hydrazone groups is 1. The fourth-order valence-corrected chi connectivity index (χ4v) is 4.08. The summed E-state index contributed by atoms with van der Waals surface area (Å²) in [5.74, 6) is 1.72. The summed E-state index contributed by atoms with van der Waals surface area (Å²) >= 11 is 1.77. The fourth-order valence-electron chi connectivity index (χ4n) is 3.01. The molecule has 1 aromatic heterocycles. The summed E-state index contributed by atoms with van der Waals surface area (Å²) < 4.78 is 2.02. The number of amidine groups is 1. The Morgan fingerprint density at radius 2 is 1.81 bits per heavy atom. The quantitative estimate of drug-likeness (QED) is 0.643. The summed E-state index contributed by atoms with van der Waals surface area (Å²) in [5, 5.41) is 12.2. The van der Waals surface area contributed by atoms with E-state index in [1.165, 1.54) is 11.1 Å². The van der Waals surface area contributed by atoms with Crippen LogP contribution in [0.5, 0.6) is 0 Å². The van der Waals surface area contributed by atoms with Crippen molar-refractivity contribution in [1.29, 1.82) is 0 Å². The van der Waals surface area contributed by atoms with E-state index >= 15 is 0 Å². The van der Waals surface area contributed by atoms with Gasteiger partial charge in [-0.25, -0.2) is 10.2 Å². The van der Waals surface area contributed by atoms with E-state index in [9.17, 15) is 0 Å². The van der Waals surface area contributed by atoms with Gasteiger partial charge in [0.1, 0.15) is 5.03 Å². The first-order chi connectivity index (χ1) is 13.3. The fraction of sp³-hybridized carbons (Fsp3) is 0.200. The summed E-state index contributed by atoms with van der Waals surface area (Å²) in [6.07, 6.45) is 1.90. The first-order valence-corrected chi connectivity index (χ1v) is 9.93. The van der Waals surface area contributed by atoms with Crippen molar-refractivity contribution in [2.24, 2.45) is 5.10 Å². The highest BCUT2D eigenvalue weighted by atomic mass is 32.2. The van der Waals surface area contributed by atoms with Gasteiger partial charge in [0.05, 0.1) is 17.4 Å². The zero-order valence-corrected chi connectivity index (χ0v) is 16.2. The molecule has 138 valence electrons. The van der Waals surface area contributed by atoms with E-state index in [4.69, 9.17) is 5.10 Å². The molecule has 0 unspecified atom stereocenters. The molecular formula is C20H22N6S. The first kappa shape index (κ1) is 17.6. The number of nitrogens with one attached hydrogen (secondary N) is 2. The summed E-state index contributed by atoms with van der Waals surface area (Å²) in [6, 6.07) is 18.8. The zero-order chi connectivity index (χ0) is 18.6. The minimum atomic E-state index is 0.796. The van der Waals surface area contributed by atoms with E-state index in [0.29, 0.717) is 0 Å². The van der Waals surface area contributed by atoms with Gasteiger partial charge in [-0.3, -0.25) is 5.01 Å². The third-order valence-electron chi connectivity index (χ3n) is 4.45. The molecule has 0 spiro atoms. The van der Waals surface area contributed by atoms with Gasteiger partial charge in [-0.05, 0) is 31.0 Å². The lowest BCUT2D eigenvalue weighted by Gasteiger charge is -2.17. The van der Waals surface area contributed by atoms with E-state index in [1.807, 2.05) is 34.1 Å². The smallest absolute Gasteiger partial charge is 0.177 e. The summed E-state index contributed by atoms with van der Waals surface area (Å²) in [5.41, 5.74) is 10.5. The molecule has 4 rings (SSSR count). The van der Waals surface area contributed by atoms with Crippen LogP contribution in [0.4, 0.5) is 0 Å². The standard InChI is InChI=1S/C20H22N6S/c1-3-25-19(22-23-24-25)17-13-21-26(18-12-8-7-9-15(18)2)20(17)27-14-16-10-5-4-6-11-16/h4-13,23-24H,3,14H2,1-2H3. The van der Waals surface area contributed by atoms with Crippen molar-refractivity contribution in [3.8, 4) is 5.69 Å². The molecule has 1 aliphatic heterocycles. The molecule has 0 amide bonds. The van der Waals surface area contributed by atoms with Crippen LogP contribution in [0.25, 0.3) is 5.69 Å². The van der Waals surface area contributed by atoms with Crippen molar-refractivity contribution >= 4 is 17.6 Å². The molecule has 0 aliphatic carbocycles. The molecule has 2 heterocycles. The minimum absolute atomic E-state index is 0.796. The Bertz CT molecular complexity index is 950. The lowest BCUT2D eigenvalue weighted by Crippen LogP contribution is -2.40. The second kappa shape index (κ2) is 7.85. The molecule has 2 aromatic carbocycles. The van der Waals surface area contributed by atoms with Crippen LogP contribution < -0.4 is 11.1 Å². The second-order valence-corrected chi connectivity index (χ2v) is 7.20. The van der Waals surface area contributed by atoms with E-state index in [2.05, 4.69) is 66.4 Å². The Morgan fingerprint density at radius 3 is 2.59 bits per heavy atom. The van der Waals surface area contributed by atoms with Crippen molar-refractivity contribution < 1.29 is 0 Å². The van der Waals surface area contributed by atoms with Crippen molar-refractivity contribution in [2.45, 2.75) is 24.6 Å². The molecule has 2 N–H and O–H groups in total. The number of para-hydroxylation sites is 1. The highest BCUT2D eigenvalue weighted by molar-refractivity contribution is 7.98. The van der Waals surface area contributed by atoms with Crippen LogP contribution in [-0.2, 0) is 5.75 Å². The van der Waals surface area contributed by atoms with Crippen molar-refractivity contribution in [3.63, 3.8) is 0 Å². The number of hydrogen-bond acceptors (Lipinski definition) is 6. The average Bonchev–Trinajstić information content (AvgIpc) is 3.33. The number of rotatable bonds is 6. The van der Waals surface area contributed by atoms with Crippen molar-refractivity contribution in [3.05, 3.63) is 77.5 Å². The van der Waals surface area contributed by atoms with Gasteiger partial charge in [-0.2, -0.15) is 5.10 Å². The van der Waals surface area contributed by atoms with E-state index in [0.717, 1.165) is 34.4 Å². The molecular weight excluding hydrogens is 356 g/mol.